The minimum atomic E-state index is -1.28. The number of carboxylic acids is 1. The van der Waals surface area contributed by atoms with Crippen molar-refractivity contribution < 1.29 is 29.4 Å². The van der Waals surface area contributed by atoms with Crippen LogP contribution in [0.2, 0.25) is 0 Å². The van der Waals surface area contributed by atoms with Gasteiger partial charge in [0.15, 0.2) is 0 Å². The van der Waals surface area contributed by atoms with Gasteiger partial charge in [-0.1, -0.05) is 0 Å². The molecule has 0 bridgehead atoms. The largest absolute Gasteiger partial charge is 0.480 e. The second-order valence-corrected chi connectivity index (χ2v) is 4.02. The van der Waals surface area contributed by atoms with Crippen LogP contribution in [0.5, 0.6) is 0 Å². The Bertz CT molecular complexity index is 397. The van der Waals surface area contributed by atoms with Crippen LogP contribution in [-0.2, 0) is 14.4 Å². The number of urea groups is 1. The van der Waals surface area contributed by atoms with Gasteiger partial charge in [-0.2, -0.15) is 0 Å². The van der Waals surface area contributed by atoms with Crippen molar-refractivity contribution in [2.45, 2.75) is 31.3 Å². The Morgan fingerprint density at radius 1 is 1.42 bits per heavy atom. The summed E-state index contributed by atoms with van der Waals surface area (Å²) in [6.07, 6.45) is 0.129. The number of nitrogens with one attached hydrogen (secondary N) is 3. The summed E-state index contributed by atoms with van der Waals surface area (Å²) in [5.41, 5.74) is 0. The molecule has 0 saturated carbocycles. The van der Waals surface area contributed by atoms with Gasteiger partial charge < -0.3 is 20.8 Å². The van der Waals surface area contributed by atoms with E-state index in [1.807, 2.05) is 0 Å². The van der Waals surface area contributed by atoms with Gasteiger partial charge in [0.1, 0.15) is 12.1 Å². The Morgan fingerprint density at radius 2 is 2.11 bits per heavy atom. The first-order chi connectivity index (χ1) is 8.93. The van der Waals surface area contributed by atoms with Crippen LogP contribution in [0.25, 0.3) is 0 Å². The highest BCUT2D eigenvalue weighted by atomic mass is 16.4. The summed E-state index contributed by atoms with van der Waals surface area (Å²) in [5, 5.41) is 23.9. The average molecular weight is 273 g/mol. The SMILES string of the molecule is O=C1CCC(NC(=O)NC(CCO)C(=O)O)C(=O)N1. The summed E-state index contributed by atoms with van der Waals surface area (Å²) in [7, 11) is 0. The van der Waals surface area contributed by atoms with Crippen molar-refractivity contribution in [2.75, 3.05) is 6.61 Å². The highest BCUT2D eigenvalue weighted by Crippen LogP contribution is 2.04. The molecular weight excluding hydrogens is 258 g/mol. The van der Waals surface area contributed by atoms with Crippen molar-refractivity contribution in [3.63, 3.8) is 0 Å². The van der Waals surface area contributed by atoms with Crippen LogP contribution in [0.1, 0.15) is 19.3 Å². The van der Waals surface area contributed by atoms with E-state index in [0.717, 1.165) is 0 Å². The molecule has 0 aromatic rings. The third kappa shape index (κ3) is 4.54. The molecule has 106 valence electrons. The Hall–Kier alpha value is -2.16. The lowest BCUT2D eigenvalue weighted by Gasteiger charge is -2.23. The molecule has 0 aromatic carbocycles. The monoisotopic (exact) mass is 273 g/mol. The summed E-state index contributed by atoms with van der Waals surface area (Å²) in [4.78, 5) is 44.5. The lowest BCUT2D eigenvalue weighted by Crippen LogP contribution is -2.56. The van der Waals surface area contributed by atoms with Gasteiger partial charge in [0.05, 0.1) is 0 Å². The van der Waals surface area contributed by atoms with E-state index in [9.17, 15) is 19.2 Å². The minimum Gasteiger partial charge on any atom is -0.480 e. The Kier molecular flexibility index (Phi) is 5.24. The lowest BCUT2D eigenvalue weighted by molar-refractivity contribution is -0.139. The van der Waals surface area contributed by atoms with E-state index in [0.29, 0.717) is 0 Å². The van der Waals surface area contributed by atoms with E-state index in [-0.39, 0.29) is 19.3 Å². The number of hydrogen-bond acceptors (Lipinski definition) is 5. The molecule has 0 spiro atoms. The van der Waals surface area contributed by atoms with Crippen molar-refractivity contribution in [1.29, 1.82) is 0 Å². The molecule has 5 N–H and O–H groups in total. The standard InChI is InChI=1S/C10H15N3O6/c14-4-3-6(9(17)18)12-10(19)11-5-1-2-7(15)13-8(5)16/h5-6,14H,1-4H2,(H,17,18)(H2,11,12,19)(H,13,15,16). The van der Waals surface area contributed by atoms with Crippen LogP contribution in [0, 0.1) is 0 Å². The molecule has 4 amide bonds. The first-order valence-corrected chi connectivity index (χ1v) is 5.68. The molecule has 1 heterocycles. The average Bonchev–Trinajstić information content (AvgIpc) is 2.32. The molecular formula is C10H15N3O6. The maximum absolute atomic E-state index is 11.5. The molecule has 0 aromatic heterocycles. The fourth-order valence-corrected chi connectivity index (χ4v) is 1.58. The third-order valence-electron chi connectivity index (χ3n) is 2.57. The first-order valence-electron chi connectivity index (χ1n) is 5.68. The van der Waals surface area contributed by atoms with Crippen molar-refractivity contribution >= 4 is 23.8 Å². The van der Waals surface area contributed by atoms with Gasteiger partial charge in [-0.15, -0.1) is 0 Å². The van der Waals surface area contributed by atoms with E-state index in [1.54, 1.807) is 0 Å². The number of carbonyl (C=O) groups is 4. The number of rotatable bonds is 5. The van der Waals surface area contributed by atoms with Gasteiger partial charge in [0.25, 0.3) is 0 Å². The van der Waals surface area contributed by atoms with Crippen molar-refractivity contribution in [2.24, 2.45) is 0 Å². The summed E-state index contributed by atoms with van der Waals surface area (Å²) in [5.74, 6) is -2.32. The highest BCUT2D eigenvalue weighted by molar-refractivity contribution is 6.01. The number of carbonyl (C=O) groups excluding carboxylic acids is 3. The van der Waals surface area contributed by atoms with Gasteiger partial charge in [-0.3, -0.25) is 14.9 Å². The fraction of sp³-hybridized carbons (Fsp3) is 0.600. The molecule has 0 aliphatic carbocycles. The van der Waals surface area contributed by atoms with Crippen LogP contribution in [0.3, 0.4) is 0 Å². The number of aliphatic hydroxyl groups excluding tert-OH is 1. The Labute approximate surface area is 108 Å². The molecule has 2 unspecified atom stereocenters. The molecule has 1 rings (SSSR count). The maximum Gasteiger partial charge on any atom is 0.326 e. The normalized spacial score (nSPS) is 20.4. The second kappa shape index (κ2) is 6.69. The van der Waals surface area contributed by atoms with Crippen LogP contribution in [-0.4, -0.2) is 52.7 Å². The maximum atomic E-state index is 11.5. The molecule has 19 heavy (non-hydrogen) atoms. The Morgan fingerprint density at radius 3 is 2.63 bits per heavy atom. The number of hydrogen-bond donors (Lipinski definition) is 5. The number of aliphatic carboxylic acids is 1. The van der Waals surface area contributed by atoms with Crippen LogP contribution >= 0.6 is 0 Å². The van der Waals surface area contributed by atoms with Gasteiger partial charge in [-0.25, -0.2) is 9.59 Å². The van der Waals surface area contributed by atoms with Gasteiger partial charge in [0, 0.05) is 19.4 Å². The van der Waals surface area contributed by atoms with E-state index in [2.05, 4.69) is 16.0 Å². The predicted molar refractivity (Wildman–Crippen MR) is 61.0 cm³/mol. The molecule has 1 aliphatic heterocycles. The number of aliphatic hydroxyl groups is 1. The number of imide groups is 1. The highest BCUT2D eigenvalue weighted by Gasteiger charge is 2.29. The quantitative estimate of drug-likeness (QED) is 0.364. The zero-order chi connectivity index (χ0) is 14.4. The van der Waals surface area contributed by atoms with Crippen LogP contribution in [0.15, 0.2) is 0 Å². The topological polar surface area (TPSA) is 145 Å². The van der Waals surface area contributed by atoms with Crippen LogP contribution < -0.4 is 16.0 Å². The van der Waals surface area contributed by atoms with Crippen molar-refractivity contribution in [3.8, 4) is 0 Å². The lowest BCUT2D eigenvalue weighted by atomic mass is 10.1. The second-order valence-electron chi connectivity index (χ2n) is 4.02. The van der Waals surface area contributed by atoms with E-state index >= 15 is 0 Å². The zero-order valence-corrected chi connectivity index (χ0v) is 10.0. The molecule has 9 heteroatoms. The molecule has 2 atom stereocenters. The van der Waals surface area contributed by atoms with Gasteiger partial charge in [0.2, 0.25) is 11.8 Å². The summed E-state index contributed by atoms with van der Waals surface area (Å²) >= 11 is 0. The number of amides is 4. The van der Waals surface area contributed by atoms with Crippen molar-refractivity contribution in [3.05, 3.63) is 0 Å². The van der Waals surface area contributed by atoms with E-state index < -0.39 is 42.5 Å². The molecule has 9 nitrogen and oxygen atoms in total. The van der Waals surface area contributed by atoms with E-state index in [4.69, 9.17) is 10.2 Å². The summed E-state index contributed by atoms with van der Waals surface area (Å²) in [6.45, 7) is -0.393. The first kappa shape index (κ1) is 14.9. The summed E-state index contributed by atoms with van der Waals surface area (Å²) < 4.78 is 0. The fourth-order valence-electron chi connectivity index (χ4n) is 1.58. The van der Waals surface area contributed by atoms with Gasteiger partial charge in [-0.05, 0) is 6.42 Å². The van der Waals surface area contributed by atoms with Crippen molar-refractivity contribution in [1.82, 2.24) is 16.0 Å². The molecule has 1 aliphatic rings. The van der Waals surface area contributed by atoms with Gasteiger partial charge >= 0.3 is 12.0 Å². The summed E-state index contributed by atoms with van der Waals surface area (Å²) in [6, 6.07) is -2.95. The number of piperidine rings is 1. The molecule has 0 radical (unpaired) electrons. The third-order valence-corrected chi connectivity index (χ3v) is 2.57. The zero-order valence-electron chi connectivity index (χ0n) is 10.0. The number of carboxylic acid groups (broad SMARTS) is 1. The van der Waals surface area contributed by atoms with E-state index in [1.165, 1.54) is 0 Å². The predicted octanol–water partition coefficient (Wildman–Crippen LogP) is -2.07. The molecule has 1 saturated heterocycles. The van der Waals surface area contributed by atoms with Crippen LogP contribution in [0.4, 0.5) is 4.79 Å². The molecule has 1 fully saturated rings. The minimum absolute atomic E-state index is 0.107. The Balaban J connectivity index is 2.48. The smallest absolute Gasteiger partial charge is 0.326 e.